The summed E-state index contributed by atoms with van der Waals surface area (Å²) in [6, 6.07) is 5.66. The van der Waals surface area contributed by atoms with E-state index in [1.807, 2.05) is 37.1 Å². The van der Waals surface area contributed by atoms with Gasteiger partial charge in [0.1, 0.15) is 17.5 Å². The first-order valence-corrected chi connectivity index (χ1v) is 5.39. The standard InChI is InChI=1S/C12H16N2O2/c1-4-8-12(15)13-11-9(14(8)2)6-5-7-10(11)16-3/h5-8H,4H2,1-3H3,(H,13,15). The zero-order valence-corrected chi connectivity index (χ0v) is 9.78. The lowest BCUT2D eigenvalue weighted by Crippen LogP contribution is -2.45. The number of carbonyl (C=O) groups excluding carboxylic acids is 1. The van der Waals surface area contributed by atoms with Crippen molar-refractivity contribution in [3.8, 4) is 5.75 Å². The minimum atomic E-state index is -0.0976. The van der Waals surface area contributed by atoms with E-state index in [1.54, 1.807) is 7.11 Å². The summed E-state index contributed by atoms with van der Waals surface area (Å²) in [7, 11) is 3.54. The van der Waals surface area contributed by atoms with Crippen LogP contribution in [-0.2, 0) is 4.79 Å². The number of nitrogens with zero attached hydrogens (tertiary/aromatic N) is 1. The van der Waals surface area contributed by atoms with Crippen molar-refractivity contribution in [3.05, 3.63) is 18.2 Å². The minimum absolute atomic E-state index is 0.0296. The Morgan fingerprint density at radius 2 is 2.25 bits per heavy atom. The molecule has 0 bridgehead atoms. The third-order valence-corrected chi connectivity index (χ3v) is 3.01. The lowest BCUT2D eigenvalue weighted by molar-refractivity contribution is -0.117. The van der Waals surface area contributed by atoms with E-state index >= 15 is 0 Å². The van der Waals surface area contributed by atoms with Crippen LogP contribution in [0.1, 0.15) is 13.3 Å². The Morgan fingerprint density at radius 3 is 2.88 bits per heavy atom. The molecule has 86 valence electrons. The molecular weight excluding hydrogens is 204 g/mol. The molecule has 0 fully saturated rings. The molecule has 0 radical (unpaired) electrons. The molecule has 1 heterocycles. The van der Waals surface area contributed by atoms with Gasteiger partial charge in [-0.15, -0.1) is 0 Å². The van der Waals surface area contributed by atoms with Crippen molar-refractivity contribution in [2.75, 3.05) is 24.4 Å². The molecule has 0 aliphatic carbocycles. The zero-order chi connectivity index (χ0) is 11.7. The zero-order valence-electron chi connectivity index (χ0n) is 9.78. The number of fused-ring (bicyclic) bond motifs is 1. The number of likely N-dealkylation sites (N-methyl/N-ethyl adjacent to an activating group) is 1. The minimum Gasteiger partial charge on any atom is -0.494 e. The summed E-state index contributed by atoms with van der Waals surface area (Å²) in [5, 5.41) is 2.91. The van der Waals surface area contributed by atoms with Crippen molar-refractivity contribution in [2.24, 2.45) is 0 Å². The summed E-state index contributed by atoms with van der Waals surface area (Å²) >= 11 is 0. The Morgan fingerprint density at radius 1 is 1.50 bits per heavy atom. The van der Waals surface area contributed by atoms with Gasteiger partial charge in [-0.05, 0) is 18.6 Å². The number of rotatable bonds is 2. The summed E-state index contributed by atoms with van der Waals surface area (Å²) in [5.74, 6) is 0.731. The highest BCUT2D eigenvalue weighted by molar-refractivity contribution is 6.05. The number of carbonyl (C=O) groups is 1. The number of benzene rings is 1. The second-order valence-electron chi connectivity index (χ2n) is 3.88. The van der Waals surface area contributed by atoms with Crippen LogP contribution in [0.5, 0.6) is 5.75 Å². The first kappa shape index (κ1) is 10.8. The molecule has 1 atom stereocenters. The SMILES string of the molecule is CCC1C(=O)Nc2c(OC)cccc2N1C. The average Bonchev–Trinajstić information content (AvgIpc) is 2.29. The average molecular weight is 220 g/mol. The van der Waals surface area contributed by atoms with Crippen molar-refractivity contribution in [3.63, 3.8) is 0 Å². The number of amides is 1. The lowest BCUT2D eigenvalue weighted by Gasteiger charge is -2.35. The molecule has 1 aliphatic rings. The molecule has 0 aromatic heterocycles. The van der Waals surface area contributed by atoms with Crippen molar-refractivity contribution >= 4 is 17.3 Å². The van der Waals surface area contributed by atoms with Crippen LogP contribution in [0, 0.1) is 0 Å². The Hall–Kier alpha value is -1.71. The van der Waals surface area contributed by atoms with Crippen molar-refractivity contribution < 1.29 is 9.53 Å². The van der Waals surface area contributed by atoms with Gasteiger partial charge in [0, 0.05) is 7.05 Å². The monoisotopic (exact) mass is 220 g/mol. The largest absolute Gasteiger partial charge is 0.494 e. The topological polar surface area (TPSA) is 41.6 Å². The second-order valence-corrected chi connectivity index (χ2v) is 3.88. The van der Waals surface area contributed by atoms with Gasteiger partial charge < -0.3 is 15.0 Å². The van der Waals surface area contributed by atoms with E-state index in [0.29, 0.717) is 5.75 Å². The van der Waals surface area contributed by atoms with Crippen LogP contribution < -0.4 is 15.0 Å². The molecule has 1 N–H and O–H groups in total. The number of hydrogen-bond acceptors (Lipinski definition) is 3. The third-order valence-electron chi connectivity index (χ3n) is 3.01. The van der Waals surface area contributed by atoms with Gasteiger partial charge in [0.2, 0.25) is 5.91 Å². The normalized spacial score (nSPS) is 19.1. The Kier molecular flexibility index (Phi) is 2.73. The van der Waals surface area contributed by atoms with Gasteiger partial charge in [-0.2, -0.15) is 0 Å². The number of anilines is 2. The summed E-state index contributed by atoms with van der Waals surface area (Å²) in [4.78, 5) is 13.9. The van der Waals surface area contributed by atoms with Crippen LogP contribution >= 0.6 is 0 Å². The van der Waals surface area contributed by atoms with Gasteiger partial charge >= 0.3 is 0 Å². The fraction of sp³-hybridized carbons (Fsp3) is 0.417. The fourth-order valence-corrected chi connectivity index (χ4v) is 2.12. The highest BCUT2D eigenvalue weighted by Crippen LogP contribution is 2.38. The van der Waals surface area contributed by atoms with Crippen LogP contribution in [0.15, 0.2) is 18.2 Å². The van der Waals surface area contributed by atoms with Gasteiger partial charge in [-0.3, -0.25) is 4.79 Å². The highest BCUT2D eigenvalue weighted by atomic mass is 16.5. The number of methoxy groups -OCH3 is 1. The molecule has 0 spiro atoms. The molecule has 4 heteroatoms. The van der Waals surface area contributed by atoms with Crippen LogP contribution in [0.25, 0.3) is 0 Å². The van der Waals surface area contributed by atoms with Crippen molar-refractivity contribution in [2.45, 2.75) is 19.4 Å². The molecule has 1 aromatic rings. The number of para-hydroxylation sites is 1. The maximum Gasteiger partial charge on any atom is 0.247 e. The maximum absolute atomic E-state index is 11.9. The van der Waals surface area contributed by atoms with Crippen molar-refractivity contribution in [1.82, 2.24) is 0 Å². The van der Waals surface area contributed by atoms with E-state index in [0.717, 1.165) is 17.8 Å². The van der Waals surface area contributed by atoms with Gasteiger partial charge in [0.05, 0.1) is 12.8 Å². The molecule has 1 aliphatic heterocycles. The molecule has 4 nitrogen and oxygen atoms in total. The van der Waals surface area contributed by atoms with Crippen LogP contribution in [-0.4, -0.2) is 26.1 Å². The van der Waals surface area contributed by atoms with E-state index < -0.39 is 0 Å². The molecule has 0 saturated heterocycles. The smallest absolute Gasteiger partial charge is 0.247 e. The number of nitrogens with one attached hydrogen (secondary N) is 1. The Labute approximate surface area is 95.2 Å². The predicted octanol–water partition coefficient (Wildman–Crippen LogP) is 1.86. The molecule has 1 unspecified atom stereocenters. The second kappa shape index (κ2) is 4.04. The molecule has 0 saturated carbocycles. The van der Waals surface area contributed by atoms with Gasteiger partial charge in [-0.25, -0.2) is 0 Å². The Bertz CT molecular complexity index is 417. The first-order chi connectivity index (χ1) is 7.69. The van der Waals surface area contributed by atoms with Gasteiger partial charge in [0.15, 0.2) is 0 Å². The quantitative estimate of drug-likeness (QED) is 0.827. The first-order valence-electron chi connectivity index (χ1n) is 5.39. The molecule has 1 aromatic carbocycles. The van der Waals surface area contributed by atoms with Crippen LogP contribution in [0.4, 0.5) is 11.4 Å². The molecular formula is C12H16N2O2. The fourth-order valence-electron chi connectivity index (χ4n) is 2.12. The highest BCUT2D eigenvalue weighted by Gasteiger charge is 2.30. The van der Waals surface area contributed by atoms with Crippen molar-refractivity contribution in [1.29, 1.82) is 0 Å². The summed E-state index contributed by atoms with van der Waals surface area (Å²) in [6.07, 6.45) is 0.791. The summed E-state index contributed by atoms with van der Waals surface area (Å²) in [6.45, 7) is 2.01. The maximum atomic E-state index is 11.9. The van der Waals surface area contributed by atoms with Crippen LogP contribution in [0.3, 0.4) is 0 Å². The van der Waals surface area contributed by atoms with E-state index in [2.05, 4.69) is 5.32 Å². The lowest BCUT2D eigenvalue weighted by atomic mass is 10.1. The van der Waals surface area contributed by atoms with E-state index in [9.17, 15) is 4.79 Å². The molecule has 16 heavy (non-hydrogen) atoms. The summed E-state index contributed by atoms with van der Waals surface area (Å²) in [5.41, 5.74) is 1.77. The number of hydrogen-bond donors (Lipinski definition) is 1. The van der Waals surface area contributed by atoms with Crippen LogP contribution in [0.2, 0.25) is 0 Å². The van der Waals surface area contributed by atoms with Gasteiger partial charge in [0.25, 0.3) is 0 Å². The molecule has 2 rings (SSSR count). The van der Waals surface area contributed by atoms with E-state index in [-0.39, 0.29) is 11.9 Å². The van der Waals surface area contributed by atoms with E-state index in [4.69, 9.17) is 4.74 Å². The summed E-state index contributed by atoms with van der Waals surface area (Å²) < 4.78 is 5.24. The Balaban J connectivity index is 2.49. The third kappa shape index (κ3) is 1.50. The van der Waals surface area contributed by atoms with Gasteiger partial charge in [-0.1, -0.05) is 13.0 Å². The predicted molar refractivity (Wildman–Crippen MR) is 64.1 cm³/mol. The molecule has 1 amide bonds. The van der Waals surface area contributed by atoms with E-state index in [1.165, 1.54) is 0 Å². The number of ether oxygens (including phenoxy) is 1.